The highest BCUT2D eigenvalue weighted by molar-refractivity contribution is 5.91. The smallest absolute Gasteiger partial charge is 0.269 e. The first kappa shape index (κ1) is 18.0. The molecule has 3 heterocycles. The molecular weight excluding hydrogens is 367 g/mol. The molecule has 28 heavy (non-hydrogen) atoms. The molecule has 4 rings (SSSR count). The fraction of sp³-hybridized carbons (Fsp3) is 0.316. The van der Waals surface area contributed by atoms with Crippen LogP contribution in [0.25, 0.3) is 5.69 Å². The predicted octanol–water partition coefficient (Wildman–Crippen LogP) is 0.319. The van der Waals surface area contributed by atoms with Gasteiger partial charge in [0.25, 0.3) is 11.8 Å². The number of primary amides is 1. The summed E-state index contributed by atoms with van der Waals surface area (Å²) in [6.45, 7) is 0.189. The summed E-state index contributed by atoms with van der Waals surface area (Å²) >= 11 is 0. The first-order chi connectivity index (χ1) is 13.3. The maximum Gasteiger partial charge on any atom is 0.269 e. The molecular formula is C19H17FN4O4. The molecule has 0 radical (unpaired) electrons. The number of hydrogen-bond donors (Lipinski definition) is 2. The number of fused-ring (bicyclic) bond motifs is 3. The van der Waals surface area contributed by atoms with Crippen molar-refractivity contribution >= 4 is 11.8 Å². The van der Waals surface area contributed by atoms with Crippen LogP contribution in [0.1, 0.15) is 34.3 Å². The van der Waals surface area contributed by atoms with Gasteiger partial charge in [0.05, 0.1) is 5.69 Å². The lowest BCUT2D eigenvalue weighted by atomic mass is 10.0. The number of carbonyl (C=O) groups excluding carboxylic acids is 2. The van der Waals surface area contributed by atoms with Crippen molar-refractivity contribution < 1.29 is 23.8 Å². The molecule has 0 bridgehead atoms. The average Bonchev–Trinajstić information content (AvgIpc) is 3.20. The molecule has 144 valence electrons. The van der Waals surface area contributed by atoms with Crippen LogP contribution in [0.2, 0.25) is 0 Å². The van der Waals surface area contributed by atoms with Gasteiger partial charge in [0.2, 0.25) is 5.60 Å². The van der Waals surface area contributed by atoms with Gasteiger partial charge in [0.15, 0.2) is 11.9 Å². The molecule has 0 spiro atoms. The second-order valence-electron chi connectivity index (χ2n) is 6.78. The number of carbonyl (C=O) groups is 2. The van der Waals surface area contributed by atoms with Crippen LogP contribution in [0.3, 0.4) is 0 Å². The van der Waals surface area contributed by atoms with E-state index in [9.17, 15) is 19.1 Å². The number of alkyl halides is 1. The highest BCUT2D eigenvalue weighted by Crippen LogP contribution is 2.33. The zero-order valence-electron chi connectivity index (χ0n) is 15.0. The van der Waals surface area contributed by atoms with Gasteiger partial charge in [-0.1, -0.05) is 11.8 Å². The van der Waals surface area contributed by atoms with Gasteiger partial charge in [-0.25, -0.2) is 9.07 Å². The van der Waals surface area contributed by atoms with Gasteiger partial charge in [0.1, 0.15) is 18.0 Å². The maximum atomic E-state index is 14.4. The highest BCUT2D eigenvalue weighted by Gasteiger charge is 2.42. The minimum atomic E-state index is -1.72. The number of likely N-dealkylation sites (N-methyl/N-ethyl adjacent to an activating group) is 1. The van der Waals surface area contributed by atoms with Gasteiger partial charge >= 0.3 is 0 Å². The Morgan fingerprint density at radius 1 is 1.46 bits per heavy atom. The van der Waals surface area contributed by atoms with Crippen LogP contribution in [0, 0.1) is 11.8 Å². The SMILES string of the molecule is CN1CC[C@@](O)(C#Cc2ccc3c(c2)-n2nc(C(N)=O)cc2[C@H](F)CO3)C1=O. The van der Waals surface area contributed by atoms with Crippen molar-refractivity contribution in [3.8, 4) is 23.3 Å². The molecule has 0 saturated carbocycles. The van der Waals surface area contributed by atoms with E-state index in [2.05, 4.69) is 16.9 Å². The Kier molecular flexibility index (Phi) is 4.08. The number of nitrogens with zero attached hydrogens (tertiary/aromatic N) is 3. The van der Waals surface area contributed by atoms with Gasteiger partial charge in [-0.15, -0.1) is 0 Å². The molecule has 9 heteroatoms. The minimum Gasteiger partial charge on any atom is -0.488 e. The number of aromatic nitrogens is 2. The van der Waals surface area contributed by atoms with E-state index in [1.807, 2.05) is 0 Å². The van der Waals surface area contributed by atoms with Gasteiger partial charge < -0.3 is 20.5 Å². The lowest BCUT2D eigenvalue weighted by molar-refractivity contribution is -0.137. The molecule has 2 atom stereocenters. The van der Waals surface area contributed by atoms with Crippen LogP contribution in [-0.2, 0) is 4.79 Å². The molecule has 3 N–H and O–H groups in total. The fourth-order valence-electron chi connectivity index (χ4n) is 3.21. The zero-order chi connectivity index (χ0) is 20.1. The molecule has 0 aliphatic carbocycles. The summed E-state index contributed by atoms with van der Waals surface area (Å²) in [4.78, 5) is 24.9. The monoisotopic (exact) mass is 384 g/mol. The van der Waals surface area contributed by atoms with Crippen LogP contribution in [0.4, 0.5) is 4.39 Å². The summed E-state index contributed by atoms with van der Waals surface area (Å²) in [6.07, 6.45) is -1.27. The molecule has 2 aromatic rings. The number of likely N-dealkylation sites (tertiary alicyclic amines) is 1. The van der Waals surface area contributed by atoms with Crippen molar-refractivity contribution in [2.24, 2.45) is 5.73 Å². The Balaban J connectivity index is 1.76. The van der Waals surface area contributed by atoms with Gasteiger partial charge in [-0.05, 0) is 24.3 Å². The number of ether oxygens (including phenoxy) is 1. The number of aliphatic hydroxyl groups is 1. The summed E-state index contributed by atoms with van der Waals surface area (Å²) in [5.41, 5.74) is 4.48. The molecule has 1 fully saturated rings. The number of halogens is 1. The summed E-state index contributed by atoms with van der Waals surface area (Å²) in [5.74, 6) is 4.57. The van der Waals surface area contributed by atoms with Crippen molar-refractivity contribution in [1.82, 2.24) is 14.7 Å². The van der Waals surface area contributed by atoms with Crippen molar-refractivity contribution in [3.63, 3.8) is 0 Å². The molecule has 1 saturated heterocycles. The first-order valence-corrected chi connectivity index (χ1v) is 8.61. The predicted molar refractivity (Wildman–Crippen MR) is 95.5 cm³/mol. The Morgan fingerprint density at radius 2 is 2.25 bits per heavy atom. The van der Waals surface area contributed by atoms with E-state index >= 15 is 0 Å². The normalized spacial score (nSPS) is 23.2. The molecule has 8 nitrogen and oxygen atoms in total. The number of rotatable bonds is 1. The number of benzene rings is 1. The van der Waals surface area contributed by atoms with E-state index in [1.54, 1.807) is 25.2 Å². The zero-order valence-corrected chi connectivity index (χ0v) is 15.0. The van der Waals surface area contributed by atoms with Crippen LogP contribution in [0.5, 0.6) is 5.75 Å². The lowest BCUT2D eigenvalue weighted by Gasteiger charge is -2.13. The van der Waals surface area contributed by atoms with E-state index in [0.29, 0.717) is 23.5 Å². The first-order valence-electron chi connectivity index (χ1n) is 8.61. The minimum absolute atomic E-state index is 0.0594. The second kappa shape index (κ2) is 6.35. The third-order valence-electron chi connectivity index (χ3n) is 4.81. The van der Waals surface area contributed by atoms with Crippen molar-refractivity contribution in [3.05, 3.63) is 41.2 Å². The van der Waals surface area contributed by atoms with Crippen LogP contribution < -0.4 is 10.5 Å². The fourth-order valence-corrected chi connectivity index (χ4v) is 3.21. The lowest BCUT2D eigenvalue weighted by Crippen LogP contribution is -2.37. The molecule has 2 amide bonds. The largest absolute Gasteiger partial charge is 0.488 e. The summed E-state index contributed by atoms with van der Waals surface area (Å²) in [6, 6.07) is 6.11. The molecule has 1 aromatic carbocycles. The molecule has 1 aromatic heterocycles. The number of hydrogen-bond acceptors (Lipinski definition) is 5. The van der Waals surface area contributed by atoms with E-state index in [4.69, 9.17) is 10.5 Å². The Bertz CT molecular complexity index is 1050. The van der Waals surface area contributed by atoms with Crippen LogP contribution >= 0.6 is 0 Å². The third kappa shape index (κ3) is 2.88. The quantitative estimate of drug-likeness (QED) is 0.688. The van der Waals surface area contributed by atoms with Crippen molar-refractivity contribution in [2.75, 3.05) is 20.2 Å². The topological polar surface area (TPSA) is 111 Å². The molecule has 0 unspecified atom stereocenters. The Hall–Kier alpha value is -3.38. The van der Waals surface area contributed by atoms with Crippen molar-refractivity contribution in [1.29, 1.82) is 0 Å². The number of nitrogens with two attached hydrogens (primary N) is 1. The standard InChI is InChI=1S/C19H17FN4O4/c1-23-7-6-19(27,18(23)26)5-4-11-2-3-16-15(8-11)24-14(12(20)10-28-16)9-13(22-24)17(21)25/h2-3,8-9,12,27H,6-7,10H2,1H3,(H2,21,25)/t12-,19+/m1/s1. The van der Waals surface area contributed by atoms with E-state index in [1.165, 1.54) is 15.6 Å². The Labute approximate surface area is 159 Å². The van der Waals surface area contributed by atoms with Crippen LogP contribution in [0.15, 0.2) is 24.3 Å². The van der Waals surface area contributed by atoms with E-state index in [0.717, 1.165) is 0 Å². The maximum absolute atomic E-state index is 14.4. The summed E-state index contributed by atoms with van der Waals surface area (Å²) < 4.78 is 21.2. The summed E-state index contributed by atoms with van der Waals surface area (Å²) in [5, 5.41) is 14.5. The van der Waals surface area contributed by atoms with E-state index in [-0.39, 0.29) is 24.4 Å². The Morgan fingerprint density at radius 3 is 2.93 bits per heavy atom. The third-order valence-corrected chi connectivity index (χ3v) is 4.81. The van der Waals surface area contributed by atoms with Crippen LogP contribution in [-0.4, -0.2) is 57.4 Å². The van der Waals surface area contributed by atoms with Gasteiger partial charge in [0, 0.05) is 25.6 Å². The molecule has 2 aliphatic rings. The summed E-state index contributed by atoms with van der Waals surface area (Å²) in [7, 11) is 1.60. The van der Waals surface area contributed by atoms with Crippen molar-refractivity contribution in [2.45, 2.75) is 18.2 Å². The average molecular weight is 384 g/mol. The van der Waals surface area contributed by atoms with E-state index < -0.39 is 23.6 Å². The number of amides is 2. The second-order valence-corrected chi connectivity index (χ2v) is 6.78. The van der Waals surface area contributed by atoms with Gasteiger partial charge in [-0.3, -0.25) is 9.59 Å². The highest BCUT2D eigenvalue weighted by atomic mass is 19.1. The van der Waals surface area contributed by atoms with Gasteiger partial charge in [-0.2, -0.15) is 5.10 Å². The molecule has 2 aliphatic heterocycles.